The number of nitrogens with zero attached hydrogens (tertiary/aromatic N) is 2. The summed E-state index contributed by atoms with van der Waals surface area (Å²) in [5.41, 5.74) is 7.02. The van der Waals surface area contributed by atoms with Crippen LogP contribution in [0.5, 0.6) is 0 Å². The summed E-state index contributed by atoms with van der Waals surface area (Å²) in [6.07, 6.45) is 0. The van der Waals surface area contributed by atoms with E-state index >= 15 is 0 Å². The normalized spacial score (nSPS) is 14.4. The molecule has 8 nitrogen and oxygen atoms in total. The van der Waals surface area contributed by atoms with Crippen molar-refractivity contribution >= 4 is 29.1 Å². The van der Waals surface area contributed by atoms with Crippen molar-refractivity contribution in [3.63, 3.8) is 0 Å². The summed E-state index contributed by atoms with van der Waals surface area (Å²) in [6.45, 7) is 13.3. The van der Waals surface area contributed by atoms with E-state index < -0.39 is 0 Å². The molecule has 3 amide bonds. The Morgan fingerprint density at radius 2 is 1.31 bits per heavy atom. The summed E-state index contributed by atoms with van der Waals surface area (Å²) in [4.78, 5) is 41.3. The van der Waals surface area contributed by atoms with Crippen LogP contribution in [0.25, 0.3) is 0 Å². The minimum absolute atomic E-state index is 0.0324. The molecule has 0 radical (unpaired) electrons. The van der Waals surface area contributed by atoms with Crippen LogP contribution < -0.4 is 16.0 Å². The van der Waals surface area contributed by atoms with Crippen LogP contribution in [0, 0.1) is 34.6 Å². The highest BCUT2D eigenvalue weighted by atomic mass is 16.2. The topological polar surface area (TPSA) is 93.8 Å². The van der Waals surface area contributed by atoms with E-state index in [2.05, 4.69) is 20.9 Å². The second-order valence-electron chi connectivity index (χ2n) is 9.45. The Labute approximate surface area is 208 Å². The van der Waals surface area contributed by atoms with Gasteiger partial charge in [0.15, 0.2) is 0 Å². The SMILES string of the molecule is Cc1cc(C)c(NC(=O)CNC(=O)CN2CCN(CC(=O)Nc3cccc(C)c3C)CC2)c(C)c1. The van der Waals surface area contributed by atoms with Gasteiger partial charge in [-0.1, -0.05) is 29.8 Å². The molecule has 0 saturated carbocycles. The van der Waals surface area contributed by atoms with Crippen LogP contribution in [-0.2, 0) is 14.4 Å². The number of anilines is 2. The molecule has 3 N–H and O–H groups in total. The number of hydrogen-bond donors (Lipinski definition) is 3. The van der Waals surface area contributed by atoms with Crippen molar-refractivity contribution in [3.05, 3.63) is 58.1 Å². The first kappa shape index (κ1) is 26.4. The fourth-order valence-corrected chi connectivity index (χ4v) is 4.38. The molecule has 2 aromatic rings. The van der Waals surface area contributed by atoms with Crippen LogP contribution in [0.2, 0.25) is 0 Å². The number of benzene rings is 2. The maximum absolute atomic E-state index is 12.5. The van der Waals surface area contributed by atoms with Gasteiger partial charge in [0.05, 0.1) is 19.6 Å². The number of hydrogen-bond acceptors (Lipinski definition) is 5. The Kier molecular flexibility index (Phi) is 9.01. The average Bonchev–Trinajstić information content (AvgIpc) is 2.79. The lowest BCUT2D eigenvalue weighted by atomic mass is 10.1. The van der Waals surface area contributed by atoms with E-state index in [9.17, 15) is 14.4 Å². The van der Waals surface area contributed by atoms with Gasteiger partial charge in [0, 0.05) is 37.6 Å². The van der Waals surface area contributed by atoms with E-state index in [1.165, 1.54) is 0 Å². The molecule has 188 valence electrons. The lowest BCUT2D eigenvalue weighted by Gasteiger charge is -2.33. The molecule has 0 atom stereocenters. The average molecular weight is 480 g/mol. The van der Waals surface area contributed by atoms with Gasteiger partial charge in [-0.2, -0.15) is 0 Å². The number of aryl methyl sites for hydroxylation is 4. The third-order valence-electron chi connectivity index (χ3n) is 6.47. The molecule has 8 heteroatoms. The smallest absolute Gasteiger partial charge is 0.243 e. The summed E-state index contributed by atoms with van der Waals surface area (Å²) in [6, 6.07) is 9.93. The zero-order chi connectivity index (χ0) is 25.5. The highest BCUT2D eigenvalue weighted by Crippen LogP contribution is 2.21. The lowest BCUT2D eigenvalue weighted by Crippen LogP contribution is -2.51. The quantitative estimate of drug-likeness (QED) is 0.541. The standard InChI is InChI=1S/C27H37N5O3/c1-18-13-20(3)27(21(4)14-18)30-24(33)15-28-25(34)16-31-9-11-32(12-10-31)17-26(35)29-23-8-6-7-19(2)22(23)5/h6-8,13-14H,9-12,15-17H2,1-5H3,(H,28,34)(H,29,35)(H,30,33). The van der Waals surface area contributed by atoms with Gasteiger partial charge >= 0.3 is 0 Å². The van der Waals surface area contributed by atoms with Crippen LogP contribution in [-0.4, -0.2) is 73.3 Å². The largest absolute Gasteiger partial charge is 0.346 e. The molecular formula is C27H37N5O3. The maximum atomic E-state index is 12.5. The second kappa shape index (κ2) is 12.0. The molecule has 0 unspecified atom stereocenters. The van der Waals surface area contributed by atoms with Gasteiger partial charge in [0.2, 0.25) is 17.7 Å². The lowest BCUT2D eigenvalue weighted by molar-refractivity contribution is -0.125. The Hall–Kier alpha value is -3.23. The summed E-state index contributed by atoms with van der Waals surface area (Å²) >= 11 is 0. The molecule has 1 aliphatic heterocycles. The molecule has 0 bridgehead atoms. The molecule has 0 aromatic heterocycles. The predicted molar refractivity (Wildman–Crippen MR) is 140 cm³/mol. The first-order chi connectivity index (χ1) is 16.6. The number of nitrogens with one attached hydrogen (secondary N) is 3. The van der Waals surface area contributed by atoms with Crippen LogP contribution in [0.3, 0.4) is 0 Å². The number of amides is 3. The van der Waals surface area contributed by atoms with Gasteiger partial charge in [-0.15, -0.1) is 0 Å². The monoisotopic (exact) mass is 479 g/mol. The fraction of sp³-hybridized carbons (Fsp3) is 0.444. The molecule has 0 aliphatic carbocycles. The zero-order valence-corrected chi connectivity index (χ0v) is 21.5. The van der Waals surface area contributed by atoms with Crippen LogP contribution in [0.4, 0.5) is 11.4 Å². The fourth-order valence-electron chi connectivity index (χ4n) is 4.38. The van der Waals surface area contributed by atoms with Gasteiger partial charge < -0.3 is 16.0 Å². The Morgan fingerprint density at radius 1 is 0.743 bits per heavy atom. The van der Waals surface area contributed by atoms with Crippen molar-refractivity contribution in [1.29, 1.82) is 0 Å². The van der Waals surface area contributed by atoms with E-state index in [-0.39, 0.29) is 30.8 Å². The first-order valence-corrected chi connectivity index (χ1v) is 12.1. The highest BCUT2D eigenvalue weighted by Gasteiger charge is 2.21. The van der Waals surface area contributed by atoms with Crippen molar-refractivity contribution in [2.75, 3.05) is 56.4 Å². The van der Waals surface area contributed by atoms with E-state index in [1.54, 1.807) is 0 Å². The summed E-state index contributed by atoms with van der Waals surface area (Å²) in [7, 11) is 0. The van der Waals surface area contributed by atoms with E-state index in [0.717, 1.165) is 39.2 Å². The van der Waals surface area contributed by atoms with Gasteiger partial charge in [-0.25, -0.2) is 0 Å². The van der Waals surface area contributed by atoms with E-state index in [0.29, 0.717) is 32.7 Å². The number of piperazine rings is 1. The summed E-state index contributed by atoms with van der Waals surface area (Å²) in [5.74, 6) is -0.457. The van der Waals surface area contributed by atoms with Gasteiger partial charge in [-0.3, -0.25) is 24.2 Å². The van der Waals surface area contributed by atoms with Crippen molar-refractivity contribution in [1.82, 2.24) is 15.1 Å². The highest BCUT2D eigenvalue weighted by molar-refractivity contribution is 5.96. The minimum atomic E-state index is -0.243. The molecule has 1 aliphatic rings. The van der Waals surface area contributed by atoms with Crippen molar-refractivity contribution in [3.8, 4) is 0 Å². The van der Waals surface area contributed by atoms with Crippen molar-refractivity contribution < 1.29 is 14.4 Å². The maximum Gasteiger partial charge on any atom is 0.243 e. The molecule has 35 heavy (non-hydrogen) atoms. The Balaban J connectivity index is 1.36. The number of carbonyl (C=O) groups is 3. The molecular weight excluding hydrogens is 442 g/mol. The van der Waals surface area contributed by atoms with E-state index in [4.69, 9.17) is 0 Å². The number of rotatable bonds is 8. The molecule has 3 rings (SSSR count). The first-order valence-electron chi connectivity index (χ1n) is 12.1. The van der Waals surface area contributed by atoms with Crippen molar-refractivity contribution in [2.24, 2.45) is 0 Å². The van der Waals surface area contributed by atoms with Gasteiger partial charge in [0.1, 0.15) is 0 Å². The molecule has 1 saturated heterocycles. The van der Waals surface area contributed by atoms with Crippen LogP contribution >= 0.6 is 0 Å². The third kappa shape index (κ3) is 7.63. The Morgan fingerprint density at radius 3 is 1.91 bits per heavy atom. The third-order valence-corrected chi connectivity index (χ3v) is 6.47. The summed E-state index contributed by atoms with van der Waals surface area (Å²) < 4.78 is 0. The predicted octanol–water partition coefficient (Wildman–Crippen LogP) is 2.54. The molecule has 1 fully saturated rings. The van der Waals surface area contributed by atoms with Crippen LogP contribution in [0.1, 0.15) is 27.8 Å². The molecule has 0 spiro atoms. The summed E-state index contributed by atoms with van der Waals surface area (Å²) in [5, 5.41) is 8.61. The molecule has 1 heterocycles. The van der Waals surface area contributed by atoms with Crippen molar-refractivity contribution in [2.45, 2.75) is 34.6 Å². The molecule has 2 aromatic carbocycles. The van der Waals surface area contributed by atoms with Crippen LogP contribution in [0.15, 0.2) is 30.3 Å². The second-order valence-corrected chi connectivity index (χ2v) is 9.45. The van der Waals surface area contributed by atoms with E-state index in [1.807, 2.05) is 69.9 Å². The van der Waals surface area contributed by atoms with Gasteiger partial charge in [0.25, 0.3) is 0 Å². The minimum Gasteiger partial charge on any atom is -0.346 e. The van der Waals surface area contributed by atoms with Gasteiger partial charge in [-0.05, 0) is 62.9 Å². The number of carbonyl (C=O) groups excluding carboxylic acids is 3. The Bertz CT molecular complexity index is 1070. The zero-order valence-electron chi connectivity index (χ0n) is 21.5.